The fourth-order valence-corrected chi connectivity index (χ4v) is 3.33. The molecule has 6 heteroatoms. The van der Waals surface area contributed by atoms with E-state index in [1.54, 1.807) is 29.2 Å². The Balaban J connectivity index is 0.00000312. The van der Waals surface area contributed by atoms with Crippen LogP contribution in [-0.4, -0.2) is 35.8 Å². The predicted molar refractivity (Wildman–Crippen MR) is 104 cm³/mol. The highest BCUT2D eigenvalue weighted by atomic mass is 35.5. The summed E-state index contributed by atoms with van der Waals surface area (Å²) in [6.07, 6.45) is 4.85. The van der Waals surface area contributed by atoms with Crippen LogP contribution in [0, 0.1) is 5.92 Å². The average molecular weight is 368 g/mol. The highest BCUT2D eigenvalue weighted by Gasteiger charge is 2.24. The van der Waals surface area contributed by atoms with Crippen LogP contribution in [0.5, 0.6) is 0 Å². The quantitative estimate of drug-likeness (QED) is 0.808. The lowest BCUT2D eigenvalue weighted by molar-refractivity contribution is -0.117. The van der Waals surface area contributed by atoms with Gasteiger partial charge < -0.3 is 16.0 Å². The van der Waals surface area contributed by atoms with Crippen LogP contribution >= 0.6 is 12.4 Å². The van der Waals surface area contributed by atoms with E-state index in [0.29, 0.717) is 25.1 Å². The molecule has 2 amide bonds. The molecule has 0 heterocycles. The van der Waals surface area contributed by atoms with E-state index in [2.05, 4.69) is 5.32 Å². The van der Waals surface area contributed by atoms with Gasteiger partial charge in [0, 0.05) is 36.8 Å². The molecule has 5 nitrogen and oxygen atoms in total. The van der Waals surface area contributed by atoms with Crippen LogP contribution in [0.3, 0.4) is 0 Å². The zero-order valence-corrected chi connectivity index (χ0v) is 16.0. The van der Waals surface area contributed by atoms with Crippen LogP contribution in [0.1, 0.15) is 56.3 Å². The maximum atomic E-state index is 12.3. The van der Waals surface area contributed by atoms with Crippen molar-refractivity contribution in [2.45, 2.75) is 52.0 Å². The molecular weight excluding hydrogens is 338 g/mol. The van der Waals surface area contributed by atoms with Crippen molar-refractivity contribution in [3.8, 4) is 0 Å². The monoisotopic (exact) mass is 367 g/mol. The van der Waals surface area contributed by atoms with Crippen molar-refractivity contribution >= 4 is 29.9 Å². The molecule has 0 radical (unpaired) electrons. The summed E-state index contributed by atoms with van der Waals surface area (Å²) >= 11 is 0. The topological polar surface area (TPSA) is 75.4 Å². The number of anilines is 1. The van der Waals surface area contributed by atoms with E-state index in [1.165, 1.54) is 6.42 Å². The van der Waals surface area contributed by atoms with Gasteiger partial charge in [-0.25, -0.2) is 0 Å². The predicted octanol–water partition coefficient (Wildman–Crippen LogP) is 3.44. The molecule has 1 aliphatic carbocycles. The van der Waals surface area contributed by atoms with E-state index < -0.39 is 0 Å². The summed E-state index contributed by atoms with van der Waals surface area (Å²) in [5.74, 6) is 0.300. The molecule has 2 rings (SSSR count). The Morgan fingerprint density at radius 3 is 2.28 bits per heavy atom. The Kier molecular flexibility index (Phi) is 8.93. The van der Waals surface area contributed by atoms with Gasteiger partial charge in [-0.3, -0.25) is 9.59 Å². The lowest BCUT2D eigenvalue weighted by Crippen LogP contribution is -2.35. The summed E-state index contributed by atoms with van der Waals surface area (Å²) in [7, 11) is 0. The van der Waals surface area contributed by atoms with Crippen molar-refractivity contribution in [1.29, 1.82) is 0 Å². The van der Waals surface area contributed by atoms with Crippen LogP contribution in [0.25, 0.3) is 0 Å². The van der Waals surface area contributed by atoms with Crippen molar-refractivity contribution in [2.24, 2.45) is 11.7 Å². The number of nitrogens with one attached hydrogen (secondary N) is 1. The van der Waals surface area contributed by atoms with Gasteiger partial charge >= 0.3 is 0 Å². The molecule has 25 heavy (non-hydrogen) atoms. The maximum Gasteiger partial charge on any atom is 0.253 e. The minimum atomic E-state index is 0. The summed E-state index contributed by atoms with van der Waals surface area (Å²) in [6, 6.07) is 7.24. The SMILES string of the molecule is CCN(CC)C(=O)c1ccc(NC(=O)CC2CCCCC2N)cc1.Cl. The van der Waals surface area contributed by atoms with Gasteiger partial charge in [0.15, 0.2) is 0 Å². The van der Waals surface area contributed by atoms with Gasteiger partial charge in [-0.1, -0.05) is 12.8 Å². The lowest BCUT2D eigenvalue weighted by Gasteiger charge is -2.27. The lowest BCUT2D eigenvalue weighted by atomic mass is 9.83. The van der Waals surface area contributed by atoms with Crippen LogP contribution in [0.4, 0.5) is 5.69 Å². The van der Waals surface area contributed by atoms with E-state index in [1.807, 2.05) is 13.8 Å². The minimum Gasteiger partial charge on any atom is -0.339 e. The fourth-order valence-electron chi connectivity index (χ4n) is 3.33. The molecule has 3 N–H and O–H groups in total. The number of benzene rings is 1. The number of amides is 2. The van der Waals surface area contributed by atoms with Gasteiger partial charge in [0.25, 0.3) is 5.91 Å². The molecule has 0 bridgehead atoms. The molecule has 1 aromatic carbocycles. The molecule has 1 fully saturated rings. The molecule has 1 aliphatic rings. The number of hydrogen-bond acceptors (Lipinski definition) is 3. The van der Waals surface area contributed by atoms with Gasteiger partial charge in [-0.2, -0.15) is 0 Å². The van der Waals surface area contributed by atoms with Crippen LogP contribution in [0.15, 0.2) is 24.3 Å². The summed E-state index contributed by atoms with van der Waals surface area (Å²) in [5.41, 5.74) is 7.47. The molecule has 2 unspecified atom stereocenters. The molecular formula is C19H30ClN3O2. The Morgan fingerprint density at radius 2 is 1.72 bits per heavy atom. The third-order valence-corrected chi connectivity index (χ3v) is 4.88. The molecule has 2 atom stereocenters. The van der Waals surface area contributed by atoms with Crippen molar-refractivity contribution in [3.63, 3.8) is 0 Å². The second kappa shape index (κ2) is 10.4. The number of nitrogens with two attached hydrogens (primary N) is 1. The van der Waals surface area contributed by atoms with Gasteiger partial charge in [0.2, 0.25) is 5.91 Å². The Morgan fingerprint density at radius 1 is 1.12 bits per heavy atom. The van der Waals surface area contributed by atoms with Crippen molar-refractivity contribution in [2.75, 3.05) is 18.4 Å². The van der Waals surface area contributed by atoms with Crippen LogP contribution in [0.2, 0.25) is 0 Å². The largest absolute Gasteiger partial charge is 0.339 e. The Bertz CT molecular complexity index is 558. The van der Waals surface area contributed by atoms with Crippen molar-refractivity contribution in [1.82, 2.24) is 4.90 Å². The normalized spacial score (nSPS) is 19.6. The Labute approximate surface area is 156 Å². The van der Waals surface area contributed by atoms with Gasteiger partial charge in [0.1, 0.15) is 0 Å². The first-order valence-electron chi connectivity index (χ1n) is 8.99. The van der Waals surface area contributed by atoms with E-state index in [0.717, 1.165) is 24.9 Å². The van der Waals surface area contributed by atoms with E-state index >= 15 is 0 Å². The summed E-state index contributed by atoms with van der Waals surface area (Å²) in [4.78, 5) is 26.2. The van der Waals surface area contributed by atoms with E-state index in [4.69, 9.17) is 5.73 Å². The number of hydrogen-bond donors (Lipinski definition) is 2. The maximum absolute atomic E-state index is 12.3. The first-order chi connectivity index (χ1) is 11.5. The average Bonchev–Trinajstić information content (AvgIpc) is 2.58. The first-order valence-corrected chi connectivity index (χ1v) is 8.99. The number of carbonyl (C=O) groups is 2. The van der Waals surface area contributed by atoms with Crippen molar-refractivity contribution in [3.05, 3.63) is 29.8 Å². The molecule has 0 aliphatic heterocycles. The van der Waals surface area contributed by atoms with Crippen LogP contribution in [-0.2, 0) is 4.79 Å². The molecule has 0 aromatic heterocycles. The van der Waals surface area contributed by atoms with Crippen molar-refractivity contribution < 1.29 is 9.59 Å². The number of carbonyl (C=O) groups excluding carboxylic acids is 2. The van der Waals surface area contributed by atoms with Gasteiger partial charge in [-0.15, -0.1) is 12.4 Å². The van der Waals surface area contributed by atoms with Crippen LogP contribution < -0.4 is 11.1 Å². The summed E-state index contributed by atoms with van der Waals surface area (Å²) < 4.78 is 0. The highest BCUT2D eigenvalue weighted by Crippen LogP contribution is 2.26. The minimum absolute atomic E-state index is 0. The fraction of sp³-hybridized carbons (Fsp3) is 0.579. The molecule has 0 spiro atoms. The highest BCUT2D eigenvalue weighted by molar-refractivity contribution is 5.95. The van der Waals surface area contributed by atoms with Gasteiger partial charge in [-0.05, 0) is 56.9 Å². The second-order valence-electron chi connectivity index (χ2n) is 6.52. The smallest absolute Gasteiger partial charge is 0.253 e. The molecule has 140 valence electrons. The molecule has 0 saturated heterocycles. The third kappa shape index (κ3) is 6.01. The molecule has 1 saturated carbocycles. The number of halogens is 1. The standard InChI is InChI=1S/C19H29N3O2.ClH/c1-3-22(4-2)19(24)14-9-11-16(12-10-14)21-18(23)13-15-7-5-6-8-17(15)20;/h9-12,15,17H,3-8,13,20H2,1-2H3,(H,21,23);1H. The Hall–Kier alpha value is -1.59. The second-order valence-corrected chi connectivity index (χ2v) is 6.52. The van der Waals surface area contributed by atoms with Gasteiger partial charge in [0.05, 0.1) is 0 Å². The summed E-state index contributed by atoms with van der Waals surface area (Å²) in [5, 5.41) is 2.91. The zero-order chi connectivity index (χ0) is 17.5. The third-order valence-electron chi connectivity index (χ3n) is 4.88. The zero-order valence-electron chi connectivity index (χ0n) is 15.2. The number of rotatable bonds is 6. The van der Waals surface area contributed by atoms with E-state index in [9.17, 15) is 9.59 Å². The first kappa shape index (κ1) is 21.5. The molecule has 1 aromatic rings. The number of nitrogens with zero attached hydrogens (tertiary/aromatic N) is 1. The van der Waals surface area contributed by atoms with E-state index in [-0.39, 0.29) is 36.2 Å². The summed E-state index contributed by atoms with van der Waals surface area (Å²) in [6.45, 7) is 5.31.